The van der Waals surface area contributed by atoms with Crippen LogP contribution in [0.1, 0.15) is 33.6 Å². The lowest BCUT2D eigenvalue weighted by Gasteiger charge is -2.20. The summed E-state index contributed by atoms with van der Waals surface area (Å²) in [5, 5.41) is 0. The van der Waals surface area contributed by atoms with Crippen molar-refractivity contribution in [3.63, 3.8) is 0 Å². The average molecular weight is 164 g/mol. The molecular formula is C11H16O. The highest BCUT2D eigenvalue weighted by Gasteiger charge is 2.16. The first-order valence-corrected chi connectivity index (χ1v) is 4.44. The first kappa shape index (κ1) is 9.24. The highest BCUT2D eigenvalue weighted by molar-refractivity contribution is 5.63. The molecule has 0 bridgehead atoms. The second-order valence-corrected chi connectivity index (χ2v) is 3.70. The van der Waals surface area contributed by atoms with Crippen LogP contribution in [0, 0.1) is 5.92 Å². The largest absolute Gasteiger partial charge is 0.302 e. The van der Waals surface area contributed by atoms with E-state index in [0.717, 1.165) is 19.1 Å². The van der Waals surface area contributed by atoms with E-state index in [1.807, 2.05) is 0 Å². The lowest BCUT2D eigenvalue weighted by molar-refractivity contribution is -0.109. The fraction of sp³-hybridized carbons (Fsp3) is 0.545. The molecule has 1 aliphatic carbocycles. The van der Waals surface area contributed by atoms with Crippen LogP contribution in [0.3, 0.4) is 0 Å². The number of hydrogen-bond donors (Lipinski definition) is 0. The van der Waals surface area contributed by atoms with Gasteiger partial charge in [-0.3, -0.25) is 0 Å². The molecule has 0 aromatic rings. The van der Waals surface area contributed by atoms with Gasteiger partial charge in [-0.2, -0.15) is 0 Å². The third-order valence-electron chi connectivity index (χ3n) is 2.44. The van der Waals surface area contributed by atoms with E-state index in [4.69, 9.17) is 0 Å². The Hall–Kier alpha value is -0.850. The first-order chi connectivity index (χ1) is 5.65. The molecule has 0 aliphatic heterocycles. The van der Waals surface area contributed by atoms with Crippen molar-refractivity contribution in [2.45, 2.75) is 33.6 Å². The SMILES string of the molecule is CC1=CC(C=O)C(=C(C)C)CC1. The lowest BCUT2D eigenvalue weighted by atomic mass is 9.85. The standard InChI is InChI=1S/C11H16O/c1-8(2)11-5-4-9(3)6-10(11)7-12/h6-7,10H,4-5H2,1-3H3. The molecule has 0 saturated carbocycles. The van der Waals surface area contributed by atoms with Crippen LogP contribution in [0.15, 0.2) is 22.8 Å². The Morgan fingerprint density at radius 1 is 1.50 bits per heavy atom. The van der Waals surface area contributed by atoms with E-state index < -0.39 is 0 Å². The van der Waals surface area contributed by atoms with E-state index >= 15 is 0 Å². The fourth-order valence-electron chi connectivity index (χ4n) is 1.69. The van der Waals surface area contributed by atoms with Crippen molar-refractivity contribution < 1.29 is 4.79 Å². The summed E-state index contributed by atoms with van der Waals surface area (Å²) in [6, 6.07) is 0. The normalized spacial score (nSPS) is 23.4. The van der Waals surface area contributed by atoms with Crippen LogP contribution in [0.25, 0.3) is 0 Å². The van der Waals surface area contributed by atoms with Crippen LogP contribution in [0.5, 0.6) is 0 Å². The Morgan fingerprint density at radius 2 is 2.17 bits per heavy atom. The molecule has 0 radical (unpaired) electrons. The Kier molecular flexibility index (Phi) is 2.85. The minimum Gasteiger partial charge on any atom is -0.302 e. The van der Waals surface area contributed by atoms with E-state index in [2.05, 4.69) is 26.8 Å². The molecule has 1 unspecified atom stereocenters. The summed E-state index contributed by atoms with van der Waals surface area (Å²) in [5.74, 6) is 0.0590. The zero-order chi connectivity index (χ0) is 9.14. The number of carbonyl (C=O) groups is 1. The molecule has 1 heteroatoms. The van der Waals surface area contributed by atoms with E-state index in [1.165, 1.54) is 16.7 Å². The maximum absolute atomic E-state index is 10.7. The van der Waals surface area contributed by atoms with Gasteiger partial charge in [-0.15, -0.1) is 0 Å². The van der Waals surface area contributed by atoms with Crippen LogP contribution >= 0.6 is 0 Å². The molecule has 66 valence electrons. The summed E-state index contributed by atoms with van der Waals surface area (Å²) in [7, 11) is 0. The van der Waals surface area contributed by atoms with Crippen molar-refractivity contribution in [1.82, 2.24) is 0 Å². The van der Waals surface area contributed by atoms with E-state index in [9.17, 15) is 4.79 Å². The van der Waals surface area contributed by atoms with Crippen LogP contribution < -0.4 is 0 Å². The molecule has 0 heterocycles. The van der Waals surface area contributed by atoms with Gasteiger partial charge in [0.05, 0.1) is 5.92 Å². The van der Waals surface area contributed by atoms with Gasteiger partial charge in [-0.25, -0.2) is 0 Å². The molecule has 0 aromatic carbocycles. The maximum atomic E-state index is 10.7. The Balaban J connectivity index is 2.95. The third kappa shape index (κ3) is 1.84. The zero-order valence-corrected chi connectivity index (χ0v) is 8.05. The maximum Gasteiger partial charge on any atom is 0.130 e. The Labute approximate surface area is 74.2 Å². The number of rotatable bonds is 1. The van der Waals surface area contributed by atoms with Crippen molar-refractivity contribution in [2.24, 2.45) is 5.92 Å². The van der Waals surface area contributed by atoms with Crippen LogP contribution in [-0.4, -0.2) is 6.29 Å². The predicted octanol–water partition coefficient (Wildman–Crippen LogP) is 2.88. The summed E-state index contributed by atoms with van der Waals surface area (Å²) < 4.78 is 0. The van der Waals surface area contributed by atoms with Crippen molar-refractivity contribution in [3.8, 4) is 0 Å². The summed E-state index contributed by atoms with van der Waals surface area (Å²) in [6.45, 7) is 6.26. The van der Waals surface area contributed by atoms with Gasteiger partial charge in [0.25, 0.3) is 0 Å². The molecule has 12 heavy (non-hydrogen) atoms. The molecule has 0 fully saturated rings. The number of aldehydes is 1. The minimum atomic E-state index is 0.0590. The summed E-state index contributed by atoms with van der Waals surface area (Å²) >= 11 is 0. The van der Waals surface area contributed by atoms with Gasteiger partial charge in [0.15, 0.2) is 0 Å². The summed E-state index contributed by atoms with van der Waals surface area (Å²) in [4.78, 5) is 10.7. The van der Waals surface area contributed by atoms with E-state index in [-0.39, 0.29) is 5.92 Å². The highest BCUT2D eigenvalue weighted by atomic mass is 16.1. The van der Waals surface area contributed by atoms with Crippen LogP contribution in [0.4, 0.5) is 0 Å². The second-order valence-electron chi connectivity index (χ2n) is 3.70. The molecule has 0 aromatic heterocycles. The Morgan fingerprint density at radius 3 is 2.67 bits per heavy atom. The first-order valence-electron chi connectivity index (χ1n) is 4.44. The van der Waals surface area contributed by atoms with Crippen LogP contribution in [-0.2, 0) is 4.79 Å². The lowest BCUT2D eigenvalue weighted by Crippen LogP contribution is -2.09. The number of hydrogen-bond acceptors (Lipinski definition) is 1. The monoisotopic (exact) mass is 164 g/mol. The van der Waals surface area contributed by atoms with Gasteiger partial charge >= 0.3 is 0 Å². The zero-order valence-electron chi connectivity index (χ0n) is 8.05. The van der Waals surface area contributed by atoms with Crippen molar-refractivity contribution in [2.75, 3.05) is 0 Å². The second kappa shape index (κ2) is 3.70. The summed E-state index contributed by atoms with van der Waals surface area (Å²) in [5.41, 5.74) is 3.96. The van der Waals surface area contributed by atoms with Gasteiger partial charge in [0, 0.05) is 0 Å². The Bertz CT molecular complexity index is 242. The molecule has 1 aliphatic rings. The van der Waals surface area contributed by atoms with Gasteiger partial charge in [-0.1, -0.05) is 22.8 Å². The molecule has 1 atom stereocenters. The van der Waals surface area contributed by atoms with Gasteiger partial charge in [0.2, 0.25) is 0 Å². The minimum absolute atomic E-state index is 0.0590. The smallest absolute Gasteiger partial charge is 0.130 e. The molecule has 0 amide bonds. The number of carbonyl (C=O) groups excluding carboxylic acids is 1. The third-order valence-corrected chi connectivity index (χ3v) is 2.44. The van der Waals surface area contributed by atoms with Crippen LogP contribution in [0.2, 0.25) is 0 Å². The molecule has 1 nitrogen and oxygen atoms in total. The van der Waals surface area contributed by atoms with Gasteiger partial charge < -0.3 is 4.79 Å². The fourth-order valence-corrected chi connectivity index (χ4v) is 1.69. The molecular weight excluding hydrogens is 148 g/mol. The molecule has 0 saturated heterocycles. The topological polar surface area (TPSA) is 17.1 Å². The predicted molar refractivity (Wildman–Crippen MR) is 50.9 cm³/mol. The highest BCUT2D eigenvalue weighted by Crippen LogP contribution is 2.28. The average Bonchev–Trinajstić information content (AvgIpc) is 2.03. The van der Waals surface area contributed by atoms with Crippen molar-refractivity contribution >= 4 is 6.29 Å². The van der Waals surface area contributed by atoms with Gasteiger partial charge in [-0.05, 0) is 33.6 Å². The summed E-state index contributed by atoms with van der Waals surface area (Å²) in [6.07, 6.45) is 5.31. The number of allylic oxidation sites excluding steroid dienone is 4. The van der Waals surface area contributed by atoms with E-state index in [0.29, 0.717) is 0 Å². The van der Waals surface area contributed by atoms with Crippen molar-refractivity contribution in [1.29, 1.82) is 0 Å². The quantitative estimate of drug-likeness (QED) is 0.430. The molecule has 0 N–H and O–H groups in total. The van der Waals surface area contributed by atoms with Crippen molar-refractivity contribution in [3.05, 3.63) is 22.8 Å². The molecule has 0 spiro atoms. The molecule has 1 rings (SSSR count). The van der Waals surface area contributed by atoms with E-state index in [1.54, 1.807) is 0 Å². The van der Waals surface area contributed by atoms with Gasteiger partial charge in [0.1, 0.15) is 6.29 Å².